The molecule has 0 atom stereocenters. The Morgan fingerprint density at radius 2 is 2.44 bits per heavy atom. The average Bonchev–Trinajstić information content (AvgIpc) is 2.96. The number of rotatable bonds is 5. The van der Waals surface area contributed by atoms with Gasteiger partial charge in [-0.15, -0.1) is 0 Å². The number of carbonyl (C=O) groups excluding carboxylic acids is 1. The third-order valence-electron chi connectivity index (χ3n) is 2.37. The van der Waals surface area contributed by atoms with Gasteiger partial charge in [0.05, 0.1) is 6.54 Å². The van der Waals surface area contributed by atoms with Crippen molar-refractivity contribution in [3.63, 3.8) is 0 Å². The van der Waals surface area contributed by atoms with Crippen LogP contribution < -0.4 is 5.32 Å². The summed E-state index contributed by atoms with van der Waals surface area (Å²) >= 11 is 3.37. The standard InChI is InChI=1S/C11H13BrN4O2/c1-2-3-16-6-8(12)4-9(16)11(17)13-5-10-14-7-18-15-10/h4,6-7H,2-3,5H2,1H3,(H,13,17). The minimum absolute atomic E-state index is 0.154. The van der Waals surface area contributed by atoms with Gasteiger partial charge in [0.15, 0.2) is 5.82 Å². The molecule has 18 heavy (non-hydrogen) atoms. The average molecular weight is 313 g/mol. The van der Waals surface area contributed by atoms with Gasteiger partial charge in [-0.2, -0.15) is 4.98 Å². The fourth-order valence-electron chi connectivity index (χ4n) is 1.61. The maximum atomic E-state index is 12.0. The Balaban J connectivity index is 2.03. The van der Waals surface area contributed by atoms with Crippen molar-refractivity contribution in [2.24, 2.45) is 0 Å². The molecule has 0 fully saturated rings. The van der Waals surface area contributed by atoms with Crippen LogP contribution in [0.2, 0.25) is 0 Å². The number of nitrogens with one attached hydrogen (secondary N) is 1. The number of hydrogen-bond donors (Lipinski definition) is 1. The fraction of sp³-hybridized carbons (Fsp3) is 0.364. The van der Waals surface area contributed by atoms with E-state index in [0.29, 0.717) is 11.5 Å². The first-order valence-electron chi connectivity index (χ1n) is 5.60. The lowest BCUT2D eigenvalue weighted by molar-refractivity contribution is 0.0940. The van der Waals surface area contributed by atoms with Gasteiger partial charge in [0.25, 0.3) is 5.91 Å². The first-order chi connectivity index (χ1) is 8.70. The molecule has 0 spiro atoms. The molecular formula is C11H13BrN4O2. The van der Waals surface area contributed by atoms with Gasteiger partial charge < -0.3 is 14.4 Å². The van der Waals surface area contributed by atoms with Crippen LogP contribution in [0.5, 0.6) is 0 Å². The van der Waals surface area contributed by atoms with Gasteiger partial charge in [0, 0.05) is 17.2 Å². The van der Waals surface area contributed by atoms with E-state index in [0.717, 1.165) is 17.4 Å². The summed E-state index contributed by atoms with van der Waals surface area (Å²) < 4.78 is 7.40. The summed E-state index contributed by atoms with van der Waals surface area (Å²) in [5, 5.41) is 6.38. The zero-order valence-corrected chi connectivity index (χ0v) is 11.5. The first-order valence-corrected chi connectivity index (χ1v) is 6.39. The molecule has 96 valence electrons. The number of hydrogen-bond acceptors (Lipinski definition) is 4. The summed E-state index contributed by atoms with van der Waals surface area (Å²) in [6.45, 7) is 3.12. The summed E-state index contributed by atoms with van der Waals surface area (Å²) in [4.78, 5) is 15.8. The second-order valence-electron chi connectivity index (χ2n) is 3.77. The van der Waals surface area contributed by atoms with Crippen molar-refractivity contribution in [2.75, 3.05) is 0 Å². The number of aromatic nitrogens is 3. The van der Waals surface area contributed by atoms with Gasteiger partial charge in [-0.1, -0.05) is 12.1 Å². The lowest BCUT2D eigenvalue weighted by atomic mass is 10.3. The highest BCUT2D eigenvalue weighted by Crippen LogP contribution is 2.15. The van der Waals surface area contributed by atoms with Crippen molar-refractivity contribution in [1.82, 2.24) is 20.0 Å². The van der Waals surface area contributed by atoms with E-state index in [1.807, 2.05) is 10.8 Å². The van der Waals surface area contributed by atoms with E-state index in [1.165, 1.54) is 6.39 Å². The van der Waals surface area contributed by atoms with Crippen molar-refractivity contribution < 1.29 is 9.32 Å². The number of carbonyl (C=O) groups is 1. The highest BCUT2D eigenvalue weighted by Gasteiger charge is 2.13. The smallest absolute Gasteiger partial charge is 0.268 e. The molecule has 2 rings (SSSR count). The van der Waals surface area contributed by atoms with E-state index in [1.54, 1.807) is 6.07 Å². The van der Waals surface area contributed by atoms with Crippen LogP contribution in [0.1, 0.15) is 29.7 Å². The van der Waals surface area contributed by atoms with Crippen molar-refractivity contribution in [2.45, 2.75) is 26.4 Å². The van der Waals surface area contributed by atoms with Crippen LogP contribution in [0.25, 0.3) is 0 Å². The molecule has 1 amide bonds. The van der Waals surface area contributed by atoms with Crippen LogP contribution in [0.4, 0.5) is 0 Å². The van der Waals surface area contributed by atoms with Gasteiger partial charge >= 0.3 is 0 Å². The Labute approximate surface area is 112 Å². The van der Waals surface area contributed by atoms with Crippen LogP contribution in [0.15, 0.2) is 27.7 Å². The summed E-state index contributed by atoms with van der Waals surface area (Å²) in [5.41, 5.74) is 0.618. The molecule has 0 bridgehead atoms. The highest BCUT2D eigenvalue weighted by atomic mass is 79.9. The fourth-order valence-corrected chi connectivity index (χ4v) is 2.08. The molecule has 2 heterocycles. The normalized spacial score (nSPS) is 10.6. The molecule has 0 aromatic carbocycles. The number of aryl methyl sites for hydroxylation is 1. The van der Waals surface area contributed by atoms with Crippen molar-refractivity contribution in [3.05, 3.63) is 34.6 Å². The van der Waals surface area contributed by atoms with E-state index in [-0.39, 0.29) is 12.5 Å². The molecule has 0 saturated carbocycles. The second kappa shape index (κ2) is 5.81. The maximum Gasteiger partial charge on any atom is 0.268 e. The summed E-state index contributed by atoms with van der Waals surface area (Å²) in [7, 11) is 0. The summed E-state index contributed by atoms with van der Waals surface area (Å²) in [6.07, 6.45) is 4.09. The van der Waals surface area contributed by atoms with E-state index in [9.17, 15) is 4.79 Å². The molecule has 0 radical (unpaired) electrons. The molecule has 7 heteroatoms. The Bertz CT molecular complexity index is 521. The predicted molar refractivity (Wildman–Crippen MR) is 67.9 cm³/mol. The summed E-state index contributed by atoms with van der Waals surface area (Å²) in [5.74, 6) is 0.301. The Morgan fingerprint density at radius 3 is 3.11 bits per heavy atom. The molecule has 6 nitrogen and oxygen atoms in total. The van der Waals surface area contributed by atoms with Crippen molar-refractivity contribution >= 4 is 21.8 Å². The van der Waals surface area contributed by atoms with Crippen LogP contribution in [0.3, 0.4) is 0 Å². The van der Waals surface area contributed by atoms with Crippen molar-refractivity contribution in [1.29, 1.82) is 0 Å². The van der Waals surface area contributed by atoms with Gasteiger partial charge in [-0.05, 0) is 28.4 Å². The lowest BCUT2D eigenvalue weighted by Gasteiger charge is -2.07. The number of halogens is 1. The van der Waals surface area contributed by atoms with Gasteiger partial charge in [0.2, 0.25) is 6.39 Å². The quantitative estimate of drug-likeness (QED) is 0.916. The van der Waals surface area contributed by atoms with Crippen LogP contribution in [-0.2, 0) is 13.1 Å². The zero-order valence-electron chi connectivity index (χ0n) is 9.89. The predicted octanol–water partition coefficient (Wildman–Crippen LogP) is 1.97. The first kappa shape index (κ1) is 12.8. The summed E-state index contributed by atoms with van der Waals surface area (Å²) in [6, 6.07) is 1.79. The molecule has 0 saturated heterocycles. The van der Waals surface area contributed by atoms with E-state index < -0.39 is 0 Å². The van der Waals surface area contributed by atoms with E-state index in [2.05, 4.69) is 42.8 Å². The third-order valence-corrected chi connectivity index (χ3v) is 2.81. The minimum atomic E-state index is -0.154. The molecule has 0 aliphatic rings. The zero-order chi connectivity index (χ0) is 13.0. The van der Waals surface area contributed by atoms with Gasteiger partial charge in [-0.25, -0.2) is 0 Å². The van der Waals surface area contributed by atoms with Crippen LogP contribution >= 0.6 is 15.9 Å². The minimum Gasteiger partial charge on any atom is -0.343 e. The Morgan fingerprint density at radius 1 is 1.61 bits per heavy atom. The topological polar surface area (TPSA) is 73.0 Å². The Hall–Kier alpha value is -1.63. The van der Waals surface area contributed by atoms with Crippen LogP contribution in [0, 0.1) is 0 Å². The van der Waals surface area contributed by atoms with E-state index in [4.69, 9.17) is 0 Å². The molecule has 0 aliphatic heterocycles. The monoisotopic (exact) mass is 312 g/mol. The molecule has 2 aromatic rings. The second-order valence-corrected chi connectivity index (χ2v) is 4.68. The molecule has 0 unspecified atom stereocenters. The third kappa shape index (κ3) is 2.98. The lowest BCUT2D eigenvalue weighted by Crippen LogP contribution is -2.25. The van der Waals surface area contributed by atoms with E-state index >= 15 is 0 Å². The number of amides is 1. The molecule has 2 aromatic heterocycles. The SMILES string of the molecule is CCCn1cc(Br)cc1C(=O)NCc1ncon1. The van der Waals surface area contributed by atoms with Crippen molar-refractivity contribution in [3.8, 4) is 0 Å². The largest absolute Gasteiger partial charge is 0.343 e. The van der Waals surface area contributed by atoms with Gasteiger partial charge in [-0.3, -0.25) is 4.79 Å². The number of nitrogens with zero attached hydrogens (tertiary/aromatic N) is 3. The highest BCUT2D eigenvalue weighted by molar-refractivity contribution is 9.10. The molecular weight excluding hydrogens is 300 g/mol. The molecule has 0 aliphatic carbocycles. The van der Waals surface area contributed by atoms with Crippen LogP contribution in [-0.4, -0.2) is 20.6 Å². The molecule has 1 N–H and O–H groups in total. The van der Waals surface area contributed by atoms with Gasteiger partial charge in [0.1, 0.15) is 5.69 Å². The maximum absolute atomic E-state index is 12.0. The Kier molecular flexibility index (Phi) is 4.14.